The second kappa shape index (κ2) is 8.65. The molecule has 4 nitrogen and oxygen atoms in total. The quantitative estimate of drug-likeness (QED) is 0.706. The lowest BCUT2D eigenvalue weighted by molar-refractivity contribution is 0.393. The van der Waals surface area contributed by atoms with Gasteiger partial charge in [-0.3, -0.25) is 0 Å². The van der Waals surface area contributed by atoms with E-state index in [4.69, 9.17) is 18.9 Å². The molecule has 2 rings (SSSR count). The van der Waals surface area contributed by atoms with E-state index < -0.39 is 0 Å². The molecule has 0 unspecified atom stereocenters. The Hall–Kier alpha value is -2.36. The first kappa shape index (κ1) is 19.0. The summed E-state index contributed by atoms with van der Waals surface area (Å²) in [4.78, 5) is 0. The van der Waals surface area contributed by atoms with Crippen molar-refractivity contribution >= 4 is 0 Å². The maximum atomic E-state index is 5.53. The molecular formula is C21H28O4. The van der Waals surface area contributed by atoms with Crippen LogP contribution in [0.4, 0.5) is 0 Å². The average Bonchev–Trinajstić information content (AvgIpc) is 2.63. The summed E-state index contributed by atoms with van der Waals surface area (Å²) in [5, 5.41) is 0. The van der Waals surface area contributed by atoms with Crippen LogP contribution >= 0.6 is 0 Å². The van der Waals surface area contributed by atoms with Crippen molar-refractivity contribution in [2.75, 3.05) is 28.4 Å². The van der Waals surface area contributed by atoms with Crippen LogP contribution in [0.15, 0.2) is 24.3 Å². The number of aryl methyl sites for hydroxylation is 4. The van der Waals surface area contributed by atoms with Crippen molar-refractivity contribution in [3.8, 4) is 23.0 Å². The highest BCUT2D eigenvalue weighted by Gasteiger charge is 2.11. The summed E-state index contributed by atoms with van der Waals surface area (Å²) in [6.45, 7) is 4.04. The Kier molecular flexibility index (Phi) is 6.57. The minimum Gasteiger partial charge on any atom is -0.496 e. The Labute approximate surface area is 150 Å². The number of hydrogen-bond donors (Lipinski definition) is 0. The van der Waals surface area contributed by atoms with Crippen LogP contribution < -0.4 is 18.9 Å². The molecule has 0 N–H and O–H groups in total. The van der Waals surface area contributed by atoms with Gasteiger partial charge in [-0.15, -0.1) is 0 Å². The summed E-state index contributed by atoms with van der Waals surface area (Å²) in [6.07, 6.45) is 2.78. The molecule has 0 heterocycles. The van der Waals surface area contributed by atoms with E-state index in [1.165, 1.54) is 0 Å². The van der Waals surface area contributed by atoms with E-state index in [-0.39, 0.29) is 0 Å². The topological polar surface area (TPSA) is 36.9 Å². The summed E-state index contributed by atoms with van der Waals surface area (Å²) in [5.74, 6) is 3.61. The van der Waals surface area contributed by atoms with Gasteiger partial charge in [-0.05, 0) is 79.6 Å². The summed E-state index contributed by atoms with van der Waals surface area (Å²) < 4.78 is 21.9. The van der Waals surface area contributed by atoms with Crippen LogP contribution in [-0.2, 0) is 12.8 Å². The van der Waals surface area contributed by atoms with E-state index in [0.29, 0.717) is 0 Å². The summed E-state index contributed by atoms with van der Waals surface area (Å²) >= 11 is 0. The molecule has 136 valence electrons. The van der Waals surface area contributed by atoms with Crippen molar-refractivity contribution in [2.24, 2.45) is 0 Å². The van der Waals surface area contributed by atoms with Crippen LogP contribution in [-0.4, -0.2) is 28.4 Å². The van der Waals surface area contributed by atoms with E-state index in [1.807, 2.05) is 26.0 Å². The normalized spacial score (nSPS) is 10.5. The first-order valence-electron chi connectivity index (χ1n) is 8.47. The molecule has 2 aromatic carbocycles. The van der Waals surface area contributed by atoms with Crippen LogP contribution in [0.1, 0.15) is 28.7 Å². The van der Waals surface area contributed by atoms with Crippen LogP contribution in [0, 0.1) is 13.8 Å². The van der Waals surface area contributed by atoms with Gasteiger partial charge in [-0.25, -0.2) is 0 Å². The van der Waals surface area contributed by atoms with Crippen molar-refractivity contribution in [1.82, 2.24) is 0 Å². The highest BCUT2D eigenvalue weighted by atomic mass is 16.5. The molecule has 0 amide bonds. The lowest BCUT2D eigenvalue weighted by atomic mass is 10.00. The maximum Gasteiger partial charge on any atom is 0.122 e. The van der Waals surface area contributed by atoms with Gasteiger partial charge >= 0.3 is 0 Å². The molecule has 0 saturated heterocycles. The number of methoxy groups -OCH3 is 4. The number of hydrogen-bond acceptors (Lipinski definition) is 4. The zero-order valence-corrected chi connectivity index (χ0v) is 16.1. The molecule has 0 aliphatic heterocycles. The van der Waals surface area contributed by atoms with E-state index in [2.05, 4.69) is 12.1 Å². The van der Waals surface area contributed by atoms with E-state index in [1.54, 1.807) is 28.4 Å². The molecule has 0 spiro atoms. The number of rotatable bonds is 8. The van der Waals surface area contributed by atoms with Crippen LogP contribution in [0.5, 0.6) is 23.0 Å². The fraction of sp³-hybridized carbons (Fsp3) is 0.429. The molecule has 0 radical (unpaired) electrons. The van der Waals surface area contributed by atoms with E-state index >= 15 is 0 Å². The molecule has 2 aromatic rings. The van der Waals surface area contributed by atoms with Gasteiger partial charge < -0.3 is 18.9 Å². The van der Waals surface area contributed by atoms with Crippen molar-refractivity contribution < 1.29 is 18.9 Å². The molecule has 0 saturated carbocycles. The summed E-state index contributed by atoms with van der Waals surface area (Å²) in [5.41, 5.74) is 4.46. The minimum absolute atomic E-state index is 0.894. The standard InChI is InChI=1S/C21H28O4/c1-14-10-20(24-5)16(12-18(14)22-3)8-7-9-17-13-19(23-4)15(2)11-21(17)25-6/h10-13H,7-9H2,1-6H3. The molecule has 25 heavy (non-hydrogen) atoms. The van der Waals surface area contributed by atoms with Crippen LogP contribution in [0.3, 0.4) is 0 Å². The first-order chi connectivity index (χ1) is 12.0. The largest absolute Gasteiger partial charge is 0.496 e. The van der Waals surface area contributed by atoms with Gasteiger partial charge in [0.1, 0.15) is 23.0 Å². The van der Waals surface area contributed by atoms with Crippen molar-refractivity contribution in [2.45, 2.75) is 33.1 Å². The first-order valence-corrected chi connectivity index (χ1v) is 8.47. The van der Waals surface area contributed by atoms with Gasteiger partial charge in [0.15, 0.2) is 0 Å². The van der Waals surface area contributed by atoms with E-state index in [0.717, 1.165) is 64.5 Å². The Morgan fingerprint density at radius 2 is 0.920 bits per heavy atom. The van der Waals surface area contributed by atoms with Crippen molar-refractivity contribution in [3.05, 3.63) is 46.5 Å². The summed E-state index contributed by atoms with van der Waals surface area (Å²) in [7, 11) is 6.81. The highest BCUT2D eigenvalue weighted by Crippen LogP contribution is 2.32. The van der Waals surface area contributed by atoms with Crippen LogP contribution in [0.2, 0.25) is 0 Å². The predicted molar refractivity (Wildman–Crippen MR) is 101 cm³/mol. The Morgan fingerprint density at radius 3 is 1.24 bits per heavy atom. The number of ether oxygens (including phenoxy) is 4. The maximum absolute atomic E-state index is 5.53. The molecule has 0 bridgehead atoms. The third kappa shape index (κ3) is 4.38. The van der Waals surface area contributed by atoms with Gasteiger partial charge in [0.05, 0.1) is 28.4 Å². The molecule has 0 aliphatic carbocycles. The smallest absolute Gasteiger partial charge is 0.122 e. The number of benzene rings is 2. The molecule has 0 aliphatic rings. The third-order valence-electron chi connectivity index (χ3n) is 4.49. The molecule has 0 fully saturated rings. The average molecular weight is 344 g/mol. The molecule has 0 atom stereocenters. The monoisotopic (exact) mass is 344 g/mol. The third-order valence-corrected chi connectivity index (χ3v) is 4.49. The fourth-order valence-electron chi connectivity index (χ4n) is 3.09. The van der Waals surface area contributed by atoms with Crippen molar-refractivity contribution in [1.29, 1.82) is 0 Å². The molecule has 0 aromatic heterocycles. The SMILES string of the molecule is COc1cc(CCCc2cc(OC)c(C)cc2OC)c(OC)cc1C. The van der Waals surface area contributed by atoms with Gasteiger partial charge in [-0.2, -0.15) is 0 Å². The Morgan fingerprint density at radius 1 is 0.560 bits per heavy atom. The van der Waals surface area contributed by atoms with Gasteiger partial charge in [-0.1, -0.05) is 0 Å². The molecular weight excluding hydrogens is 316 g/mol. The Balaban J connectivity index is 2.15. The summed E-state index contributed by atoms with van der Waals surface area (Å²) in [6, 6.07) is 8.20. The lowest BCUT2D eigenvalue weighted by Gasteiger charge is -2.15. The van der Waals surface area contributed by atoms with E-state index in [9.17, 15) is 0 Å². The zero-order chi connectivity index (χ0) is 18.4. The second-order valence-electron chi connectivity index (χ2n) is 6.12. The van der Waals surface area contributed by atoms with Gasteiger partial charge in [0.2, 0.25) is 0 Å². The van der Waals surface area contributed by atoms with Crippen molar-refractivity contribution in [3.63, 3.8) is 0 Å². The lowest BCUT2D eigenvalue weighted by Crippen LogP contribution is -2.00. The van der Waals surface area contributed by atoms with Gasteiger partial charge in [0, 0.05) is 0 Å². The predicted octanol–water partition coefficient (Wildman–Crippen LogP) is 4.51. The van der Waals surface area contributed by atoms with Gasteiger partial charge in [0.25, 0.3) is 0 Å². The second-order valence-corrected chi connectivity index (χ2v) is 6.12. The molecule has 4 heteroatoms. The minimum atomic E-state index is 0.894. The highest BCUT2D eigenvalue weighted by molar-refractivity contribution is 5.47. The zero-order valence-electron chi connectivity index (χ0n) is 16.1. The van der Waals surface area contributed by atoms with Crippen LogP contribution in [0.25, 0.3) is 0 Å². The fourth-order valence-corrected chi connectivity index (χ4v) is 3.09. The Bertz CT molecular complexity index is 661.